The Morgan fingerprint density at radius 2 is 1.48 bits per heavy atom. The topological polar surface area (TPSA) is 69.7 Å². The summed E-state index contributed by atoms with van der Waals surface area (Å²) in [6, 6.07) is 19.3. The molecular weight excluding hydrogens is 559 g/mol. The molecule has 4 rings (SSSR count). The largest absolute Gasteiger partial charge is 0.373 e. The number of amides is 1. The molecule has 3 aromatic rings. The van der Waals surface area contributed by atoms with Crippen LogP contribution in [-0.4, -0.2) is 49.2 Å². The maximum atomic E-state index is 14.1. The minimum absolute atomic E-state index is 0.00906. The lowest BCUT2D eigenvalue weighted by molar-refractivity contribution is -0.191. The van der Waals surface area contributed by atoms with Gasteiger partial charge in [0.05, 0.1) is 12.1 Å². The number of hydrogen-bond acceptors (Lipinski definition) is 5. The van der Waals surface area contributed by atoms with Gasteiger partial charge in [0, 0.05) is 54.4 Å². The Balaban J connectivity index is 0.00000141. The fraction of sp³-hybridized carbons (Fsp3) is 0.333. The third kappa shape index (κ3) is 8.86. The van der Waals surface area contributed by atoms with Gasteiger partial charge in [-0.1, -0.05) is 54.4 Å². The number of nitrogens with zero attached hydrogens (tertiary/aromatic N) is 2. The van der Waals surface area contributed by atoms with Crippen molar-refractivity contribution in [2.75, 3.05) is 31.1 Å². The van der Waals surface area contributed by atoms with Crippen molar-refractivity contribution in [3.8, 4) is 0 Å². The number of likely N-dealkylation sites (tertiary alicyclic amines) is 1. The Morgan fingerprint density at radius 3 is 1.95 bits per heavy atom. The average molecular weight is 590 g/mol. The van der Waals surface area contributed by atoms with Crippen LogP contribution in [0.3, 0.4) is 0 Å². The monoisotopic (exact) mass is 589 g/mol. The Labute approximate surface area is 242 Å². The number of hydrogen-bond donors (Lipinski definition) is 1. The molecule has 0 unspecified atom stereocenters. The molecule has 1 N–H and O–H groups in total. The minimum atomic E-state index is -0.604. The first-order chi connectivity index (χ1) is 19.2. The van der Waals surface area contributed by atoms with Gasteiger partial charge in [-0.15, -0.1) is 0 Å². The van der Waals surface area contributed by atoms with Crippen LogP contribution in [0.15, 0.2) is 66.7 Å². The highest BCUT2D eigenvalue weighted by Gasteiger charge is 2.37. The molecule has 0 aliphatic carbocycles. The summed E-state index contributed by atoms with van der Waals surface area (Å²) in [5, 5.41) is 4.26. The average Bonchev–Trinajstić information content (AvgIpc) is 2.88. The van der Waals surface area contributed by atoms with Crippen LogP contribution in [0.2, 0.25) is 10.0 Å². The van der Waals surface area contributed by atoms with Crippen LogP contribution in [0, 0.1) is 11.6 Å². The van der Waals surface area contributed by atoms with Crippen molar-refractivity contribution in [3.05, 3.63) is 99.5 Å². The first-order valence-corrected chi connectivity index (χ1v) is 13.7. The molecule has 3 aromatic carbocycles. The number of carbonyl (C=O) groups excluding carboxylic acids is 3. The predicted molar refractivity (Wildman–Crippen MR) is 151 cm³/mol. The molecule has 0 aromatic heterocycles. The fourth-order valence-electron chi connectivity index (χ4n) is 4.82. The van der Waals surface area contributed by atoms with E-state index in [9.17, 15) is 13.6 Å². The molecule has 0 atom stereocenters. The number of carbonyl (C=O) groups is 1. The number of benzene rings is 3. The van der Waals surface area contributed by atoms with Crippen molar-refractivity contribution >= 4 is 40.9 Å². The van der Waals surface area contributed by atoms with Gasteiger partial charge < -0.3 is 10.2 Å². The van der Waals surface area contributed by atoms with E-state index >= 15 is 0 Å². The molecular formula is C30H31Cl2F2N3O3. The quantitative estimate of drug-likeness (QED) is 0.267. The number of nitrogens with one attached hydrogen (secondary N) is 1. The maximum absolute atomic E-state index is 14.1. The van der Waals surface area contributed by atoms with E-state index in [0.29, 0.717) is 54.8 Å². The van der Waals surface area contributed by atoms with E-state index < -0.39 is 11.6 Å². The molecule has 0 spiro atoms. The lowest BCUT2D eigenvalue weighted by Crippen LogP contribution is -2.60. The van der Waals surface area contributed by atoms with E-state index in [1.807, 2.05) is 55.5 Å². The SMILES string of the molecule is CCCC(=O)NCCCN(c1cc(F)cc(F)c1)C1CN(C(c2ccc(Cl)cc2)c2ccc(Cl)cc2)C1.O=C=O. The molecule has 6 nitrogen and oxygen atoms in total. The second-order valence-electron chi connectivity index (χ2n) is 9.47. The lowest BCUT2D eigenvalue weighted by atomic mass is 9.92. The van der Waals surface area contributed by atoms with Gasteiger partial charge in [0.15, 0.2) is 0 Å². The minimum Gasteiger partial charge on any atom is -0.366 e. The Kier molecular flexibility index (Phi) is 12.1. The molecule has 1 aliphatic heterocycles. The number of halogens is 4. The zero-order valence-corrected chi connectivity index (χ0v) is 23.6. The third-order valence-electron chi connectivity index (χ3n) is 6.62. The first-order valence-electron chi connectivity index (χ1n) is 13.0. The molecule has 0 bridgehead atoms. The molecule has 1 aliphatic rings. The third-order valence-corrected chi connectivity index (χ3v) is 7.13. The molecule has 0 radical (unpaired) electrons. The van der Waals surface area contributed by atoms with Crippen LogP contribution in [-0.2, 0) is 14.4 Å². The first kappa shape index (κ1) is 31.2. The second-order valence-corrected chi connectivity index (χ2v) is 10.3. The molecule has 1 fully saturated rings. The van der Waals surface area contributed by atoms with Crippen molar-refractivity contribution in [1.29, 1.82) is 0 Å². The van der Waals surface area contributed by atoms with Gasteiger partial charge in [-0.2, -0.15) is 9.59 Å². The van der Waals surface area contributed by atoms with Crippen LogP contribution < -0.4 is 10.2 Å². The van der Waals surface area contributed by atoms with Crippen LogP contribution in [0.5, 0.6) is 0 Å². The van der Waals surface area contributed by atoms with Crippen molar-refractivity contribution in [2.45, 2.75) is 38.3 Å². The number of anilines is 1. The van der Waals surface area contributed by atoms with Gasteiger partial charge >= 0.3 is 6.15 Å². The highest BCUT2D eigenvalue weighted by atomic mass is 35.5. The van der Waals surface area contributed by atoms with Gasteiger partial charge in [-0.3, -0.25) is 9.69 Å². The van der Waals surface area contributed by atoms with Gasteiger partial charge in [-0.05, 0) is 60.4 Å². The van der Waals surface area contributed by atoms with Crippen molar-refractivity contribution in [1.82, 2.24) is 10.2 Å². The lowest BCUT2D eigenvalue weighted by Gasteiger charge is -2.50. The van der Waals surface area contributed by atoms with Crippen molar-refractivity contribution in [3.63, 3.8) is 0 Å². The van der Waals surface area contributed by atoms with E-state index in [1.54, 1.807) is 0 Å². The zero-order valence-electron chi connectivity index (χ0n) is 22.1. The molecule has 212 valence electrons. The summed E-state index contributed by atoms with van der Waals surface area (Å²) in [5.41, 5.74) is 2.72. The summed E-state index contributed by atoms with van der Waals surface area (Å²) >= 11 is 12.3. The van der Waals surface area contributed by atoms with E-state index in [2.05, 4.69) is 15.1 Å². The highest BCUT2D eigenvalue weighted by Crippen LogP contribution is 2.36. The standard InChI is InChI=1S/C29H31Cl2F2N3O.CO2/c1-2-4-28(37)34-13-3-14-36(26-16-24(32)15-25(33)17-26)27-18-35(19-27)29(20-5-9-22(30)10-6-20)21-7-11-23(31)12-8-21;2-1-3/h5-12,15-17,27,29H,2-4,13-14,18-19H2,1H3,(H,34,37);. The summed E-state index contributed by atoms with van der Waals surface area (Å²) in [7, 11) is 0. The summed E-state index contributed by atoms with van der Waals surface area (Å²) in [6.45, 7) is 4.46. The summed E-state index contributed by atoms with van der Waals surface area (Å²) in [4.78, 5) is 32.5. The Bertz CT molecular complexity index is 1210. The molecule has 1 amide bonds. The van der Waals surface area contributed by atoms with Crippen molar-refractivity contribution < 1.29 is 23.2 Å². The van der Waals surface area contributed by atoms with E-state index in [-0.39, 0.29) is 24.1 Å². The van der Waals surface area contributed by atoms with Gasteiger partial charge in [0.1, 0.15) is 11.6 Å². The molecule has 1 heterocycles. The zero-order chi connectivity index (χ0) is 29.1. The van der Waals surface area contributed by atoms with Gasteiger partial charge in [0.2, 0.25) is 5.91 Å². The Morgan fingerprint density at radius 1 is 0.975 bits per heavy atom. The van der Waals surface area contributed by atoms with E-state index in [0.717, 1.165) is 23.6 Å². The predicted octanol–water partition coefficient (Wildman–Crippen LogP) is 6.27. The molecule has 1 saturated heterocycles. The normalized spacial score (nSPS) is 13.2. The second kappa shape index (κ2) is 15.5. The van der Waals surface area contributed by atoms with Gasteiger partial charge in [-0.25, -0.2) is 8.78 Å². The van der Waals surface area contributed by atoms with E-state index in [1.165, 1.54) is 12.1 Å². The van der Waals surface area contributed by atoms with Gasteiger partial charge in [0.25, 0.3) is 0 Å². The Hall–Kier alpha value is -3.29. The molecule has 10 heteroatoms. The number of rotatable bonds is 11. The summed E-state index contributed by atoms with van der Waals surface area (Å²) in [5.74, 6) is -1.19. The van der Waals surface area contributed by atoms with Crippen LogP contribution >= 0.6 is 23.2 Å². The maximum Gasteiger partial charge on any atom is 0.373 e. The molecule has 0 saturated carbocycles. The van der Waals surface area contributed by atoms with E-state index in [4.69, 9.17) is 32.8 Å². The molecule has 40 heavy (non-hydrogen) atoms. The van der Waals surface area contributed by atoms with Crippen LogP contribution in [0.25, 0.3) is 0 Å². The van der Waals surface area contributed by atoms with Crippen LogP contribution in [0.1, 0.15) is 43.4 Å². The highest BCUT2D eigenvalue weighted by molar-refractivity contribution is 6.30. The van der Waals surface area contributed by atoms with Crippen molar-refractivity contribution in [2.24, 2.45) is 0 Å². The smallest absolute Gasteiger partial charge is 0.366 e. The summed E-state index contributed by atoms with van der Waals surface area (Å²) in [6.07, 6.45) is 2.20. The fourth-order valence-corrected chi connectivity index (χ4v) is 5.07. The summed E-state index contributed by atoms with van der Waals surface area (Å²) < 4.78 is 28.2. The van der Waals surface area contributed by atoms with Crippen LogP contribution in [0.4, 0.5) is 14.5 Å².